The molecule has 1 unspecified atom stereocenters. The number of nitro groups is 1. The molecule has 0 bridgehead atoms. The third-order valence-corrected chi connectivity index (χ3v) is 4.36. The van der Waals surface area contributed by atoms with E-state index in [1.54, 1.807) is 25.3 Å². The second-order valence-electron chi connectivity index (χ2n) is 6.51. The molecule has 0 spiro atoms. The number of nitro benzene ring substituents is 1. The predicted molar refractivity (Wildman–Crippen MR) is 109 cm³/mol. The molecule has 2 rings (SSSR count). The lowest BCUT2D eigenvalue weighted by Gasteiger charge is -2.25. The van der Waals surface area contributed by atoms with E-state index in [9.17, 15) is 14.9 Å². The maximum absolute atomic E-state index is 12.2. The van der Waals surface area contributed by atoms with E-state index in [4.69, 9.17) is 4.74 Å². The van der Waals surface area contributed by atoms with Crippen LogP contribution in [0.2, 0.25) is 0 Å². The number of anilines is 1. The number of ether oxygens (including phenoxy) is 1. The molecule has 2 aromatic carbocycles. The van der Waals surface area contributed by atoms with Crippen molar-refractivity contribution < 1.29 is 14.5 Å². The molecule has 0 aliphatic heterocycles. The summed E-state index contributed by atoms with van der Waals surface area (Å²) in [5.41, 5.74) is 1.44. The smallest absolute Gasteiger partial charge is 0.292 e. The van der Waals surface area contributed by atoms with Crippen LogP contribution in [0.15, 0.2) is 48.5 Å². The highest BCUT2D eigenvalue weighted by Crippen LogP contribution is 2.23. The summed E-state index contributed by atoms with van der Waals surface area (Å²) < 4.78 is 5.27. The molecule has 1 atom stereocenters. The van der Waals surface area contributed by atoms with Gasteiger partial charge in [-0.05, 0) is 37.9 Å². The first-order chi connectivity index (χ1) is 13.4. The number of nitrogens with one attached hydrogen (secondary N) is 2. The van der Waals surface area contributed by atoms with Crippen LogP contribution in [0.1, 0.15) is 18.0 Å². The van der Waals surface area contributed by atoms with Crippen molar-refractivity contribution in [2.75, 3.05) is 39.6 Å². The van der Waals surface area contributed by atoms with E-state index >= 15 is 0 Å². The maximum atomic E-state index is 12.2. The third kappa shape index (κ3) is 5.95. The molecule has 8 heteroatoms. The monoisotopic (exact) mass is 386 g/mol. The fraction of sp³-hybridized carbons (Fsp3) is 0.350. The minimum Gasteiger partial charge on any atom is -0.497 e. The first kappa shape index (κ1) is 21.2. The number of rotatable bonds is 10. The highest BCUT2D eigenvalue weighted by Gasteiger charge is 2.16. The molecule has 28 heavy (non-hydrogen) atoms. The number of carbonyl (C=O) groups excluding carboxylic acids is 1. The summed E-state index contributed by atoms with van der Waals surface area (Å²) in [4.78, 5) is 24.8. The fourth-order valence-electron chi connectivity index (χ4n) is 2.84. The van der Waals surface area contributed by atoms with Crippen molar-refractivity contribution in [3.8, 4) is 5.75 Å². The standard InChI is InChI=1S/C20H26N4O4/c1-23(2)19(15-7-6-8-16(13-15)28-3)14-22-20(25)11-12-21-17-9-4-5-10-18(17)24(26)27/h4-10,13,19,21H,11-12,14H2,1-3H3,(H,22,25). The lowest BCUT2D eigenvalue weighted by Crippen LogP contribution is -2.35. The molecule has 8 nitrogen and oxygen atoms in total. The molecule has 0 radical (unpaired) electrons. The van der Waals surface area contributed by atoms with Gasteiger partial charge in [0, 0.05) is 25.6 Å². The lowest BCUT2D eigenvalue weighted by atomic mass is 10.1. The van der Waals surface area contributed by atoms with Crippen molar-refractivity contribution in [2.24, 2.45) is 0 Å². The number of para-hydroxylation sites is 2. The molecule has 150 valence electrons. The minimum atomic E-state index is -0.446. The minimum absolute atomic E-state index is 0.00206. The topological polar surface area (TPSA) is 96.7 Å². The number of hydrogen-bond acceptors (Lipinski definition) is 6. The number of amides is 1. The first-order valence-corrected chi connectivity index (χ1v) is 8.96. The van der Waals surface area contributed by atoms with Gasteiger partial charge in [-0.3, -0.25) is 14.9 Å². The van der Waals surface area contributed by atoms with Gasteiger partial charge < -0.3 is 20.3 Å². The molecule has 0 saturated carbocycles. The molecule has 0 saturated heterocycles. The van der Waals surface area contributed by atoms with Gasteiger partial charge >= 0.3 is 0 Å². The zero-order valence-electron chi connectivity index (χ0n) is 16.3. The summed E-state index contributed by atoms with van der Waals surface area (Å²) in [7, 11) is 5.52. The Hall–Kier alpha value is -3.13. The molecular formula is C20H26N4O4. The summed E-state index contributed by atoms with van der Waals surface area (Å²) in [6, 6.07) is 14.1. The third-order valence-electron chi connectivity index (χ3n) is 4.36. The van der Waals surface area contributed by atoms with Crippen molar-refractivity contribution in [3.63, 3.8) is 0 Å². The van der Waals surface area contributed by atoms with Gasteiger partial charge in [-0.1, -0.05) is 24.3 Å². The number of hydrogen-bond donors (Lipinski definition) is 2. The van der Waals surface area contributed by atoms with Crippen LogP contribution in [0, 0.1) is 10.1 Å². The van der Waals surface area contributed by atoms with Crippen LogP contribution >= 0.6 is 0 Å². The normalized spacial score (nSPS) is 11.7. The Morgan fingerprint density at radius 3 is 2.64 bits per heavy atom. The molecular weight excluding hydrogens is 360 g/mol. The number of carbonyl (C=O) groups is 1. The van der Waals surface area contributed by atoms with E-state index in [0.717, 1.165) is 11.3 Å². The second-order valence-corrected chi connectivity index (χ2v) is 6.51. The molecule has 0 aliphatic carbocycles. The second kappa shape index (κ2) is 10.3. The molecule has 0 aliphatic rings. The summed E-state index contributed by atoms with van der Waals surface area (Å²) in [6.07, 6.45) is 0.213. The Labute approximate surface area is 164 Å². The Morgan fingerprint density at radius 1 is 1.21 bits per heavy atom. The highest BCUT2D eigenvalue weighted by molar-refractivity contribution is 5.76. The van der Waals surface area contributed by atoms with E-state index in [2.05, 4.69) is 10.6 Å². The van der Waals surface area contributed by atoms with E-state index in [-0.39, 0.29) is 24.1 Å². The van der Waals surface area contributed by atoms with Gasteiger partial charge in [0.2, 0.25) is 5.91 Å². The van der Waals surface area contributed by atoms with Crippen LogP contribution in [0.4, 0.5) is 11.4 Å². The Bertz CT molecular complexity index is 810. The van der Waals surface area contributed by atoms with Crippen molar-refractivity contribution >= 4 is 17.3 Å². The molecule has 0 heterocycles. The van der Waals surface area contributed by atoms with Crippen LogP contribution < -0.4 is 15.4 Å². The van der Waals surface area contributed by atoms with Gasteiger partial charge in [0.05, 0.1) is 18.1 Å². The van der Waals surface area contributed by atoms with Crippen molar-refractivity contribution in [1.82, 2.24) is 10.2 Å². The number of nitrogens with zero attached hydrogens (tertiary/aromatic N) is 2. The van der Waals surface area contributed by atoms with E-state index < -0.39 is 4.92 Å². The molecule has 1 amide bonds. The van der Waals surface area contributed by atoms with E-state index in [0.29, 0.717) is 18.8 Å². The summed E-state index contributed by atoms with van der Waals surface area (Å²) >= 11 is 0. The molecule has 2 N–H and O–H groups in total. The van der Waals surface area contributed by atoms with E-state index in [1.165, 1.54) is 6.07 Å². The van der Waals surface area contributed by atoms with Crippen LogP contribution in [-0.4, -0.2) is 50.0 Å². The largest absolute Gasteiger partial charge is 0.497 e. The average Bonchev–Trinajstić information content (AvgIpc) is 2.68. The van der Waals surface area contributed by atoms with Crippen LogP contribution in [0.5, 0.6) is 5.75 Å². The zero-order valence-corrected chi connectivity index (χ0v) is 16.3. The van der Waals surface area contributed by atoms with Gasteiger partial charge in [-0.25, -0.2) is 0 Å². The maximum Gasteiger partial charge on any atom is 0.292 e. The molecule has 2 aromatic rings. The summed E-state index contributed by atoms with van der Waals surface area (Å²) in [6.45, 7) is 0.757. The Kier molecular flexibility index (Phi) is 7.76. The summed E-state index contributed by atoms with van der Waals surface area (Å²) in [5, 5.41) is 16.9. The number of benzene rings is 2. The van der Waals surface area contributed by atoms with Gasteiger partial charge in [0.25, 0.3) is 5.69 Å². The fourth-order valence-corrected chi connectivity index (χ4v) is 2.84. The number of methoxy groups -OCH3 is 1. The summed E-state index contributed by atoms with van der Waals surface area (Å²) in [5.74, 6) is 0.644. The quantitative estimate of drug-likeness (QED) is 0.481. The number of likely N-dealkylation sites (N-methyl/N-ethyl adjacent to an activating group) is 1. The van der Waals surface area contributed by atoms with Crippen LogP contribution in [-0.2, 0) is 4.79 Å². The van der Waals surface area contributed by atoms with Crippen LogP contribution in [0.25, 0.3) is 0 Å². The first-order valence-electron chi connectivity index (χ1n) is 8.96. The van der Waals surface area contributed by atoms with Crippen molar-refractivity contribution in [3.05, 3.63) is 64.2 Å². The van der Waals surface area contributed by atoms with Crippen molar-refractivity contribution in [2.45, 2.75) is 12.5 Å². The van der Waals surface area contributed by atoms with Gasteiger partial charge in [-0.2, -0.15) is 0 Å². The van der Waals surface area contributed by atoms with Gasteiger partial charge in [-0.15, -0.1) is 0 Å². The highest BCUT2D eigenvalue weighted by atomic mass is 16.6. The van der Waals surface area contributed by atoms with Gasteiger partial charge in [0.15, 0.2) is 0 Å². The van der Waals surface area contributed by atoms with E-state index in [1.807, 2.05) is 43.3 Å². The average molecular weight is 386 g/mol. The Balaban J connectivity index is 1.87. The predicted octanol–water partition coefficient (Wildman–Crippen LogP) is 2.82. The SMILES string of the molecule is COc1cccc(C(CNC(=O)CCNc2ccccc2[N+](=O)[O-])N(C)C)c1. The van der Waals surface area contributed by atoms with Gasteiger partial charge in [0.1, 0.15) is 11.4 Å². The Morgan fingerprint density at radius 2 is 1.96 bits per heavy atom. The van der Waals surface area contributed by atoms with Crippen molar-refractivity contribution in [1.29, 1.82) is 0 Å². The molecule has 0 fully saturated rings. The lowest BCUT2D eigenvalue weighted by molar-refractivity contribution is -0.384. The zero-order chi connectivity index (χ0) is 20.5. The molecule has 0 aromatic heterocycles. The van der Waals surface area contributed by atoms with Crippen LogP contribution in [0.3, 0.4) is 0 Å².